The molecular formula is C10H16BrN3O2S. The molecule has 0 radical (unpaired) electrons. The van der Waals surface area contributed by atoms with Crippen LogP contribution in [0.5, 0.6) is 0 Å². The van der Waals surface area contributed by atoms with Crippen molar-refractivity contribution in [3.63, 3.8) is 0 Å². The van der Waals surface area contributed by atoms with Gasteiger partial charge in [0.05, 0.1) is 0 Å². The van der Waals surface area contributed by atoms with Gasteiger partial charge >= 0.3 is 0 Å². The summed E-state index contributed by atoms with van der Waals surface area (Å²) in [7, 11) is -2.04. The van der Waals surface area contributed by atoms with Crippen LogP contribution < -0.4 is 5.73 Å². The number of pyridine rings is 1. The minimum absolute atomic E-state index is 0.0170. The Hall–Kier alpha value is -0.660. The van der Waals surface area contributed by atoms with E-state index in [9.17, 15) is 8.42 Å². The predicted octanol–water partition coefficient (Wildman–Crippen LogP) is 1.85. The molecule has 0 fully saturated rings. The van der Waals surface area contributed by atoms with E-state index >= 15 is 0 Å². The van der Waals surface area contributed by atoms with Gasteiger partial charge in [-0.1, -0.05) is 6.92 Å². The summed E-state index contributed by atoms with van der Waals surface area (Å²) in [5.41, 5.74) is 5.62. The summed E-state index contributed by atoms with van der Waals surface area (Å²) in [6.07, 6.45) is 2.20. The lowest BCUT2D eigenvalue weighted by Crippen LogP contribution is -2.35. The van der Waals surface area contributed by atoms with Crippen LogP contribution in [-0.2, 0) is 10.0 Å². The van der Waals surface area contributed by atoms with Gasteiger partial charge in [-0.05, 0) is 35.3 Å². The van der Waals surface area contributed by atoms with Crippen LogP contribution in [0.3, 0.4) is 0 Å². The van der Waals surface area contributed by atoms with Crippen LogP contribution in [-0.4, -0.2) is 30.8 Å². The van der Waals surface area contributed by atoms with E-state index in [4.69, 9.17) is 5.73 Å². The van der Waals surface area contributed by atoms with Crippen LogP contribution in [0.2, 0.25) is 0 Å². The van der Waals surface area contributed by atoms with Gasteiger partial charge in [-0.2, -0.15) is 4.31 Å². The van der Waals surface area contributed by atoms with E-state index in [0.717, 1.165) is 6.42 Å². The van der Waals surface area contributed by atoms with Crippen LogP contribution in [0.25, 0.3) is 0 Å². The molecular weight excluding hydrogens is 306 g/mol. The van der Waals surface area contributed by atoms with Crippen LogP contribution in [0, 0.1) is 0 Å². The van der Waals surface area contributed by atoms with Gasteiger partial charge in [0.25, 0.3) is 0 Å². The number of nitrogens with two attached hydrogens (primary N) is 1. The Morgan fingerprint density at radius 3 is 2.71 bits per heavy atom. The highest BCUT2D eigenvalue weighted by Crippen LogP contribution is 2.24. The monoisotopic (exact) mass is 321 g/mol. The summed E-state index contributed by atoms with van der Waals surface area (Å²) in [5, 5.41) is 0. The van der Waals surface area contributed by atoms with Crippen molar-refractivity contribution in [3.05, 3.63) is 16.7 Å². The van der Waals surface area contributed by atoms with Crippen molar-refractivity contribution < 1.29 is 8.42 Å². The van der Waals surface area contributed by atoms with E-state index in [1.54, 1.807) is 7.05 Å². The van der Waals surface area contributed by atoms with Gasteiger partial charge in [-0.15, -0.1) is 0 Å². The van der Waals surface area contributed by atoms with Crippen molar-refractivity contribution in [2.24, 2.45) is 0 Å². The Bertz CT molecular complexity index is 504. The standard InChI is InChI=1S/C10H16BrN3O2S/c1-4-7(2)14(3)17(15,16)9-5-8(11)6-13-10(9)12/h5-7H,4H2,1-3H3,(H2,12,13). The molecule has 96 valence electrons. The molecule has 0 spiro atoms. The number of halogens is 1. The van der Waals surface area contributed by atoms with E-state index in [0.29, 0.717) is 4.47 Å². The van der Waals surface area contributed by atoms with Crippen molar-refractivity contribution in [1.82, 2.24) is 9.29 Å². The zero-order chi connectivity index (χ0) is 13.2. The second kappa shape index (κ2) is 5.32. The first-order valence-electron chi connectivity index (χ1n) is 5.19. The van der Waals surface area contributed by atoms with Gasteiger partial charge in [0.1, 0.15) is 10.7 Å². The minimum Gasteiger partial charge on any atom is -0.383 e. The molecule has 0 aromatic carbocycles. The maximum atomic E-state index is 12.3. The molecule has 1 aromatic rings. The lowest BCUT2D eigenvalue weighted by atomic mass is 10.3. The average Bonchev–Trinajstić information content (AvgIpc) is 2.30. The molecule has 1 atom stereocenters. The Kier molecular flexibility index (Phi) is 4.51. The molecule has 0 aliphatic heterocycles. The number of anilines is 1. The molecule has 0 amide bonds. The first-order chi connectivity index (χ1) is 7.80. The number of hydrogen-bond acceptors (Lipinski definition) is 4. The van der Waals surface area contributed by atoms with E-state index in [2.05, 4.69) is 20.9 Å². The van der Waals surface area contributed by atoms with Crippen LogP contribution in [0.15, 0.2) is 21.6 Å². The number of rotatable bonds is 4. The van der Waals surface area contributed by atoms with E-state index in [1.807, 2.05) is 13.8 Å². The SMILES string of the molecule is CCC(C)N(C)S(=O)(=O)c1cc(Br)cnc1N. The van der Waals surface area contributed by atoms with Crippen molar-refractivity contribution in [2.75, 3.05) is 12.8 Å². The summed E-state index contributed by atoms with van der Waals surface area (Å²) >= 11 is 3.19. The summed E-state index contributed by atoms with van der Waals surface area (Å²) < 4.78 is 26.5. The normalized spacial score (nSPS) is 13.9. The molecule has 2 N–H and O–H groups in total. The molecule has 7 heteroatoms. The van der Waals surface area contributed by atoms with Gasteiger partial charge in [-0.3, -0.25) is 0 Å². The summed E-state index contributed by atoms with van der Waals surface area (Å²) in [6, 6.07) is 1.38. The van der Waals surface area contributed by atoms with Crippen molar-refractivity contribution in [3.8, 4) is 0 Å². The predicted molar refractivity (Wildman–Crippen MR) is 71.1 cm³/mol. The smallest absolute Gasteiger partial charge is 0.246 e. The van der Waals surface area contributed by atoms with Crippen molar-refractivity contribution in [2.45, 2.75) is 31.2 Å². The maximum absolute atomic E-state index is 12.3. The average molecular weight is 322 g/mol. The number of nitrogen functional groups attached to an aromatic ring is 1. The highest BCUT2D eigenvalue weighted by molar-refractivity contribution is 9.10. The van der Waals surface area contributed by atoms with E-state index in [-0.39, 0.29) is 16.8 Å². The Morgan fingerprint density at radius 1 is 1.59 bits per heavy atom. The van der Waals surface area contributed by atoms with Gasteiger partial charge in [0.15, 0.2) is 0 Å². The zero-order valence-corrected chi connectivity index (χ0v) is 12.4. The van der Waals surface area contributed by atoms with Crippen LogP contribution >= 0.6 is 15.9 Å². The number of hydrogen-bond donors (Lipinski definition) is 1. The van der Waals surface area contributed by atoms with E-state index in [1.165, 1.54) is 16.6 Å². The van der Waals surface area contributed by atoms with Crippen LogP contribution in [0.1, 0.15) is 20.3 Å². The maximum Gasteiger partial charge on any atom is 0.246 e. The van der Waals surface area contributed by atoms with Crippen molar-refractivity contribution >= 4 is 31.8 Å². The molecule has 17 heavy (non-hydrogen) atoms. The fourth-order valence-electron chi connectivity index (χ4n) is 1.29. The van der Waals surface area contributed by atoms with Gasteiger partial charge in [0.2, 0.25) is 10.0 Å². The molecule has 1 heterocycles. The summed E-state index contributed by atoms with van der Waals surface area (Å²) in [6.45, 7) is 3.78. The number of aromatic nitrogens is 1. The van der Waals surface area contributed by atoms with Crippen molar-refractivity contribution in [1.29, 1.82) is 0 Å². The van der Waals surface area contributed by atoms with Crippen LogP contribution in [0.4, 0.5) is 5.82 Å². The molecule has 0 saturated heterocycles. The zero-order valence-electron chi connectivity index (χ0n) is 10.0. The highest BCUT2D eigenvalue weighted by atomic mass is 79.9. The molecule has 1 rings (SSSR count). The first-order valence-corrected chi connectivity index (χ1v) is 7.43. The first kappa shape index (κ1) is 14.4. The highest BCUT2D eigenvalue weighted by Gasteiger charge is 2.27. The van der Waals surface area contributed by atoms with Gasteiger partial charge in [-0.25, -0.2) is 13.4 Å². The molecule has 0 aliphatic rings. The fourth-order valence-corrected chi connectivity index (χ4v) is 3.30. The summed E-state index contributed by atoms with van der Waals surface area (Å²) in [4.78, 5) is 3.87. The largest absolute Gasteiger partial charge is 0.383 e. The minimum atomic E-state index is -3.59. The molecule has 5 nitrogen and oxygen atoms in total. The number of sulfonamides is 1. The fraction of sp³-hybridized carbons (Fsp3) is 0.500. The molecule has 1 unspecified atom stereocenters. The quantitative estimate of drug-likeness (QED) is 0.918. The third-order valence-corrected chi connectivity index (χ3v) is 5.15. The topological polar surface area (TPSA) is 76.3 Å². The molecule has 0 saturated carbocycles. The number of nitrogens with zero attached hydrogens (tertiary/aromatic N) is 2. The lowest BCUT2D eigenvalue weighted by Gasteiger charge is -2.23. The Balaban J connectivity index is 3.26. The van der Waals surface area contributed by atoms with Gasteiger partial charge < -0.3 is 5.73 Å². The van der Waals surface area contributed by atoms with E-state index < -0.39 is 10.0 Å². The third kappa shape index (κ3) is 2.97. The second-order valence-corrected chi connectivity index (χ2v) is 6.70. The lowest BCUT2D eigenvalue weighted by molar-refractivity contribution is 0.380. The third-order valence-electron chi connectivity index (χ3n) is 2.72. The Labute approximate surface area is 110 Å². The van der Waals surface area contributed by atoms with Gasteiger partial charge in [0, 0.05) is 23.8 Å². The molecule has 1 aromatic heterocycles. The molecule has 0 bridgehead atoms. The Morgan fingerprint density at radius 2 is 2.18 bits per heavy atom. The summed E-state index contributed by atoms with van der Waals surface area (Å²) in [5.74, 6) is 0.0170. The molecule has 0 aliphatic carbocycles. The second-order valence-electron chi connectivity index (χ2n) is 3.82.